The van der Waals surface area contributed by atoms with E-state index in [4.69, 9.17) is 18.6 Å². The van der Waals surface area contributed by atoms with E-state index in [-0.39, 0.29) is 19.2 Å². The number of fused-ring (bicyclic) bond motifs is 1. The number of furan rings is 2. The molecule has 0 saturated heterocycles. The molecule has 3 rings (SSSR count). The third-order valence-electron chi connectivity index (χ3n) is 2.66. The van der Waals surface area contributed by atoms with Crippen LogP contribution in [0.15, 0.2) is 10.5 Å². The molecule has 0 amide bonds. The van der Waals surface area contributed by atoms with Gasteiger partial charge in [0.1, 0.15) is 18.8 Å². The second-order valence-corrected chi connectivity index (χ2v) is 3.82. The molecule has 18 heavy (non-hydrogen) atoms. The van der Waals surface area contributed by atoms with Crippen LogP contribution >= 0.6 is 0 Å². The molecule has 6 heteroatoms. The van der Waals surface area contributed by atoms with Crippen LogP contribution < -0.4 is 9.47 Å². The maximum Gasteiger partial charge on any atom is 0.347 e. The maximum absolute atomic E-state index is 11.3. The largest absolute Gasteiger partial charge is 0.483 e. The zero-order valence-corrected chi connectivity index (χ0v) is 9.65. The number of carbonyl (C=O) groups excluding carboxylic acids is 2. The Morgan fingerprint density at radius 2 is 2.22 bits per heavy atom. The third-order valence-corrected chi connectivity index (χ3v) is 2.66. The zero-order valence-electron chi connectivity index (χ0n) is 9.65. The molecule has 0 spiro atoms. The Labute approximate surface area is 102 Å². The van der Waals surface area contributed by atoms with Crippen LogP contribution in [0, 0.1) is 0 Å². The van der Waals surface area contributed by atoms with Gasteiger partial charge >= 0.3 is 11.9 Å². The molecular formula is C12H10O6. The van der Waals surface area contributed by atoms with Gasteiger partial charge in [-0.3, -0.25) is 4.79 Å². The van der Waals surface area contributed by atoms with Gasteiger partial charge in [0.05, 0.1) is 0 Å². The molecule has 94 valence electrons. The molecule has 0 atom stereocenters. The van der Waals surface area contributed by atoms with Gasteiger partial charge in [-0.2, -0.15) is 0 Å². The molecule has 3 heterocycles. The normalized spacial score (nSPS) is 13.1. The van der Waals surface area contributed by atoms with Gasteiger partial charge in [-0.05, 0) is 0 Å². The Hall–Kier alpha value is -2.24. The second kappa shape index (κ2) is 3.90. The first-order valence-corrected chi connectivity index (χ1v) is 5.60. The van der Waals surface area contributed by atoms with Crippen LogP contribution in [0.3, 0.4) is 0 Å². The molecule has 0 fully saturated rings. The van der Waals surface area contributed by atoms with E-state index in [2.05, 4.69) is 0 Å². The van der Waals surface area contributed by atoms with Crippen molar-refractivity contribution < 1.29 is 28.2 Å². The van der Waals surface area contributed by atoms with Crippen molar-refractivity contribution in [2.24, 2.45) is 0 Å². The smallest absolute Gasteiger partial charge is 0.347 e. The predicted molar refractivity (Wildman–Crippen MR) is 59.1 cm³/mol. The molecule has 0 aliphatic carbocycles. The SMILES string of the molecule is CCC(=O)OCCOc1c2c3oc1cc3C(=O)O2. The first kappa shape index (κ1) is 10.9. The lowest BCUT2D eigenvalue weighted by molar-refractivity contribution is -0.143. The fourth-order valence-corrected chi connectivity index (χ4v) is 1.82. The molecular weight excluding hydrogens is 240 g/mol. The monoisotopic (exact) mass is 250 g/mol. The van der Waals surface area contributed by atoms with E-state index in [9.17, 15) is 9.59 Å². The molecule has 1 aliphatic rings. The molecule has 2 bridgehead atoms. The van der Waals surface area contributed by atoms with Crippen molar-refractivity contribution in [3.63, 3.8) is 0 Å². The van der Waals surface area contributed by atoms with Gasteiger partial charge in [0.15, 0.2) is 11.2 Å². The molecule has 0 unspecified atom stereocenters. The van der Waals surface area contributed by atoms with E-state index in [0.717, 1.165) is 0 Å². The number of esters is 2. The summed E-state index contributed by atoms with van der Waals surface area (Å²) >= 11 is 0. The summed E-state index contributed by atoms with van der Waals surface area (Å²) in [5.41, 5.74) is 1.34. The Morgan fingerprint density at radius 1 is 1.39 bits per heavy atom. The molecule has 2 aromatic heterocycles. The third kappa shape index (κ3) is 1.49. The highest BCUT2D eigenvalue weighted by Crippen LogP contribution is 2.48. The average molecular weight is 250 g/mol. The first-order valence-electron chi connectivity index (χ1n) is 5.60. The standard InChI is InChI=1S/C12H10O6/c1-2-8(13)15-3-4-16-10-7-5-6-9(17-7)11(10)18-12(6)14/h5H,2-4H2,1H3. The summed E-state index contributed by atoms with van der Waals surface area (Å²) in [6.07, 6.45) is 0.329. The fraction of sp³-hybridized carbons (Fsp3) is 0.333. The van der Waals surface area contributed by atoms with E-state index in [1.54, 1.807) is 13.0 Å². The van der Waals surface area contributed by atoms with E-state index in [0.29, 0.717) is 34.6 Å². The number of hydrogen-bond donors (Lipinski definition) is 0. The van der Waals surface area contributed by atoms with Crippen LogP contribution in [0.4, 0.5) is 0 Å². The lowest BCUT2D eigenvalue weighted by Crippen LogP contribution is -2.11. The maximum atomic E-state index is 11.3. The van der Waals surface area contributed by atoms with Crippen LogP contribution in [-0.4, -0.2) is 25.2 Å². The van der Waals surface area contributed by atoms with E-state index in [1.165, 1.54) is 0 Å². The Balaban J connectivity index is 1.64. The second-order valence-electron chi connectivity index (χ2n) is 3.82. The summed E-state index contributed by atoms with van der Waals surface area (Å²) in [6, 6.07) is 1.58. The van der Waals surface area contributed by atoms with Crippen LogP contribution in [0.5, 0.6) is 11.5 Å². The topological polar surface area (TPSA) is 75.0 Å². The van der Waals surface area contributed by atoms with Gasteiger partial charge in [-0.25, -0.2) is 4.79 Å². The van der Waals surface area contributed by atoms with Crippen LogP contribution in [0.25, 0.3) is 11.2 Å². The molecule has 0 saturated carbocycles. The summed E-state index contributed by atoms with van der Waals surface area (Å²) in [7, 11) is 0. The highest BCUT2D eigenvalue weighted by molar-refractivity contribution is 6.10. The molecule has 0 N–H and O–H groups in total. The summed E-state index contributed by atoms with van der Waals surface area (Å²) in [4.78, 5) is 22.2. The van der Waals surface area contributed by atoms with Crippen molar-refractivity contribution in [2.75, 3.05) is 13.2 Å². The van der Waals surface area contributed by atoms with Gasteiger partial charge in [-0.1, -0.05) is 6.92 Å². The minimum atomic E-state index is -0.425. The average Bonchev–Trinajstić information content (AvgIpc) is 2.97. The Morgan fingerprint density at radius 3 is 3.00 bits per heavy atom. The molecule has 6 nitrogen and oxygen atoms in total. The number of hydrogen-bond acceptors (Lipinski definition) is 6. The Bertz CT molecular complexity index is 611. The zero-order chi connectivity index (χ0) is 12.7. The van der Waals surface area contributed by atoms with Gasteiger partial charge in [0.2, 0.25) is 11.5 Å². The summed E-state index contributed by atoms with van der Waals surface area (Å²) < 4.78 is 20.6. The van der Waals surface area contributed by atoms with Crippen molar-refractivity contribution >= 4 is 23.1 Å². The summed E-state index contributed by atoms with van der Waals surface area (Å²) in [5.74, 6) is 0.0180. The summed E-state index contributed by atoms with van der Waals surface area (Å²) in [5, 5.41) is 0. The van der Waals surface area contributed by atoms with Crippen molar-refractivity contribution in [1.29, 1.82) is 0 Å². The summed E-state index contributed by atoms with van der Waals surface area (Å²) in [6.45, 7) is 2.05. The Kier molecular flexibility index (Phi) is 2.36. The van der Waals surface area contributed by atoms with Crippen molar-refractivity contribution in [3.8, 4) is 11.5 Å². The number of ether oxygens (including phenoxy) is 3. The van der Waals surface area contributed by atoms with Crippen LogP contribution in [0.2, 0.25) is 0 Å². The predicted octanol–water partition coefficient (Wildman–Crippen LogP) is 1.74. The quantitative estimate of drug-likeness (QED) is 0.594. The van der Waals surface area contributed by atoms with E-state index in [1.807, 2.05) is 0 Å². The molecule has 0 aromatic carbocycles. The minimum absolute atomic E-state index is 0.149. The van der Waals surface area contributed by atoms with E-state index < -0.39 is 5.97 Å². The lowest BCUT2D eigenvalue weighted by Gasteiger charge is -2.05. The van der Waals surface area contributed by atoms with Gasteiger partial charge < -0.3 is 18.6 Å². The molecule has 1 aliphatic heterocycles. The lowest BCUT2D eigenvalue weighted by atomic mass is 10.2. The van der Waals surface area contributed by atoms with Gasteiger partial charge in [0.25, 0.3) is 0 Å². The van der Waals surface area contributed by atoms with Gasteiger partial charge in [-0.15, -0.1) is 0 Å². The van der Waals surface area contributed by atoms with Crippen LogP contribution in [0.1, 0.15) is 23.7 Å². The fourth-order valence-electron chi connectivity index (χ4n) is 1.82. The molecule has 2 aromatic rings. The highest BCUT2D eigenvalue weighted by atomic mass is 16.6. The van der Waals surface area contributed by atoms with Crippen molar-refractivity contribution in [1.82, 2.24) is 0 Å². The van der Waals surface area contributed by atoms with Crippen LogP contribution in [-0.2, 0) is 9.53 Å². The van der Waals surface area contributed by atoms with E-state index >= 15 is 0 Å². The number of rotatable bonds is 5. The minimum Gasteiger partial charge on any atom is -0.483 e. The van der Waals surface area contributed by atoms with Gasteiger partial charge in [0, 0.05) is 12.5 Å². The highest BCUT2D eigenvalue weighted by Gasteiger charge is 2.35. The first-order chi connectivity index (χ1) is 8.70. The molecule has 0 radical (unpaired) electrons. The van der Waals surface area contributed by atoms with Crippen molar-refractivity contribution in [2.45, 2.75) is 13.3 Å². The number of carbonyl (C=O) groups is 2. The number of benzene rings is 1. The van der Waals surface area contributed by atoms with Crippen molar-refractivity contribution in [3.05, 3.63) is 11.6 Å².